The molecule has 0 N–H and O–H groups in total. The average molecular weight is 293 g/mol. The van der Waals surface area contributed by atoms with E-state index in [0.717, 1.165) is 0 Å². The van der Waals surface area contributed by atoms with Crippen molar-refractivity contribution in [3.05, 3.63) is 38.9 Å². The predicted molar refractivity (Wildman–Crippen MR) is 57.9 cm³/mol. The van der Waals surface area contributed by atoms with Crippen LogP contribution in [-0.4, -0.2) is 16.6 Å². The minimum Gasteiger partial charge on any atom is -0.293 e. The van der Waals surface area contributed by atoms with Crippen molar-refractivity contribution in [1.29, 1.82) is 5.26 Å². The van der Waals surface area contributed by atoms with E-state index in [0.29, 0.717) is 12.1 Å². The molecule has 0 saturated heterocycles. The zero-order valence-electron chi connectivity index (χ0n) is 8.99. The lowest BCUT2D eigenvalue weighted by atomic mass is 9.98. The van der Waals surface area contributed by atoms with E-state index < -0.39 is 45.1 Å². The van der Waals surface area contributed by atoms with Crippen molar-refractivity contribution in [1.82, 2.24) is 0 Å². The number of nitrogens with zero attached hydrogens (tertiary/aromatic N) is 2. The minimum absolute atomic E-state index is 0.382. The molecule has 0 spiro atoms. The van der Waals surface area contributed by atoms with Crippen molar-refractivity contribution in [3.8, 4) is 6.07 Å². The van der Waals surface area contributed by atoms with E-state index in [-0.39, 0.29) is 0 Å². The number of nitriles is 1. The number of halogens is 4. The number of alkyl halides is 4. The molecule has 0 aliphatic rings. The quantitative estimate of drug-likeness (QED) is 0.371. The fourth-order valence-electron chi connectivity index (χ4n) is 1.42. The summed E-state index contributed by atoms with van der Waals surface area (Å²) in [7, 11) is 0. The van der Waals surface area contributed by atoms with Crippen LogP contribution in [0, 0.1) is 21.4 Å². The van der Waals surface area contributed by atoms with Crippen LogP contribution in [0.25, 0.3) is 0 Å². The lowest BCUT2D eigenvalue weighted by Gasteiger charge is -2.12. The van der Waals surface area contributed by atoms with Gasteiger partial charge in [0.05, 0.1) is 28.0 Å². The maximum Gasteiger partial charge on any atom is 0.417 e. The second kappa shape index (κ2) is 5.24. The first-order valence-electron chi connectivity index (χ1n) is 4.61. The molecule has 5 nitrogen and oxygen atoms in total. The van der Waals surface area contributed by atoms with Crippen LogP contribution in [0.3, 0.4) is 0 Å². The number of carbonyl (C=O) groups excluding carboxylic acids is 1. The van der Waals surface area contributed by atoms with Gasteiger partial charge >= 0.3 is 6.18 Å². The molecule has 100 valence electrons. The van der Waals surface area contributed by atoms with Gasteiger partial charge in [0, 0.05) is 6.07 Å². The van der Waals surface area contributed by atoms with Crippen LogP contribution in [0.5, 0.6) is 0 Å². The van der Waals surface area contributed by atoms with Gasteiger partial charge in [-0.15, -0.1) is 11.6 Å². The maximum atomic E-state index is 12.8. The molecule has 0 aliphatic heterocycles. The Balaban J connectivity index is 3.78. The third kappa shape index (κ3) is 3.00. The Labute approximate surface area is 109 Å². The predicted octanol–water partition coefficient (Wildman–Crippen LogP) is 2.91. The van der Waals surface area contributed by atoms with E-state index in [9.17, 15) is 28.1 Å². The molecule has 0 aliphatic carbocycles. The molecule has 0 atom stereocenters. The zero-order chi connectivity index (χ0) is 14.8. The monoisotopic (exact) mass is 292 g/mol. The highest BCUT2D eigenvalue weighted by atomic mass is 35.5. The highest BCUT2D eigenvalue weighted by Gasteiger charge is 2.39. The summed E-state index contributed by atoms with van der Waals surface area (Å²) in [4.78, 5) is 21.0. The van der Waals surface area contributed by atoms with Gasteiger partial charge in [-0.25, -0.2) is 0 Å². The van der Waals surface area contributed by atoms with E-state index in [1.807, 2.05) is 0 Å². The molecule has 1 aromatic rings. The lowest BCUT2D eigenvalue weighted by Crippen LogP contribution is -2.16. The van der Waals surface area contributed by atoms with Gasteiger partial charge in [-0.2, -0.15) is 18.4 Å². The fraction of sp³-hybridized carbons (Fsp3) is 0.200. The van der Waals surface area contributed by atoms with E-state index in [2.05, 4.69) is 0 Å². The molecule has 0 unspecified atom stereocenters. The van der Waals surface area contributed by atoms with E-state index in [1.54, 1.807) is 0 Å². The lowest BCUT2D eigenvalue weighted by molar-refractivity contribution is -0.385. The first kappa shape index (κ1) is 14.9. The molecule has 9 heteroatoms. The van der Waals surface area contributed by atoms with Crippen LogP contribution < -0.4 is 0 Å². The Kier molecular flexibility index (Phi) is 4.11. The number of hydrogen-bond donors (Lipinski definition) is 0. The summed E-state index contributed by atoms with van der Waals surface area (Å²) in [6, 6.07) is 2.36. The molecule has 1 rings (SSSR count). The van der Waals surface area contributed by atoms with Crippen molar-refractivity contribution in [2.75, 3.05) is 5.88 Å². The number of ketones is 1. The fourth-order valence-corrected chi connectivity index (χ4v) is 1.55. The van der Waals surface area contributed by atoms with Crippen molar-refractivity contribution in [3.63, 3.8) is 0 Å². The number of Topliss-reactive ketones (excluding diaryl/α,β-unsaturated/α-hetero) is 1. The second-order valence-corrected chi connectivity index (χ2v) is 3.61. The number of rotatable bonds is 3. The van der Waals surface area contributed by atoms with Crippen LogP contribution in [0.1, 0.15) is 21.5 Å². The summed E-state index contributed by atoms with van der Waals surface area (Å²) in [5, 5.41) is 19.3. The summed E-state index contributed by atoms with van der Waals surface area (Å²) in [5.41, 5.74) is -4.32. The van der Waals surface area contributed by atoms with Crippen molar-refractivity contribution < 1.29 is 22.9 Å². The smallest absolute Gasteiger partial charge is 0.293 e. The number of benzene rings is 1. The molecule has 0 heterocycles. The topological polar surface area (TPSA) is 84.0 Å². The first-order chi connectivity index (χ1) is 8.72. The summed E-state index contributed by atoms with van der Waals surface area (Å²) in [6.45, 7) is 0. The standard InChI is InChI=1S/C10H4ClF3N2O3/c11-3-8(17)9-6(10(12,13)14)1-5(4-15)2-7(9)16(18)19/h1-2H,3H2. The number of nitro benzene ring substituents is 1. The van der Waals surface area contributed by atoms with Gasteiger partial charge in [0.2, 0.25) is 0 Å². The Bertz CT molecular complexity index is 593. The van der Waals surface area contributed by atoms with Gasteiger partial charge in [0.15, 0.2) is 5.78 Å². The molecule has 0 saturated carbocycles. The zero-order valence-corrected chi connectivity index (χ0v) is 9.75. The highest BCUT2D eigenvalue weighted by molar-refractivity contribution is 6.31. The van der Waals surface area contributed by atoms with Crippen molar-refractivity contribution in [2.24, 2.45) is 0 Å². The molecule has 0 amide bonds. The van der Waals surface area contributed by atoms with Gasteiger partial charge in [-0.1, -0.05) is 0 Å². The molecule has 0 fully saturated rings. The summed E-state index contributed by atoms with van der Waals surface area (Å²) < 4.78 is 38.3. The third-order valence-corrected chi connectivity index (χ3v) is 2.39. The Morgan fingerprint density at radius 1 is 1.47 bits per heavy atom. The molecule has 1 aromatic carbocycles. The van der Waals surface area contributed by atoms with E-state index in [4.69, 9.17) is 16.9 Å². The van der Waals surface area contributed by atoms with E-state index in [1.165, 1.54) is 6.07 Å². The average Bonchev–Trinajstić information content (AvgIpc) is 2.34. The number of hydrogen-bond acceptors (Lipinski definition) is 4. The summed E-state index contributed by atoms with van der Waals surface area (Å²) in [6.07, 6.45) is -5.01. The van der Waals surface area contributed by atoms with Gasteiger partial charge in [0.1, 0.15) is 5.56 Å². The van der Waals surface area contributed by atoms with Crippen LogP contribution >= 0.6 is 11.6 Å². The normalized spacial score (nSPS) is 10.9. The Morgan fingerprint density at radius 3 is 2.42 bits per heavy atom. The number of carbonyl (C=O) groups is 1. The molecule has 19 heavy (non-hydrogen) atoms. The van der Waals surface area contributed by atoms with E-state index >= 15 is 0 Å². The SMILES string of the molecule is N#Cc1cc([N+](=O)[O-])c(C(=O)CCl)c(C(F)(F)F)c1. The summed E-state index contributed by atoms with van der Waals surface area (Å²) in [5.74, 6) is -2.07. The first-order valence-corrected chi connectivity index (χ1v) is 5.14. The minimum atomic E-state index is -5.01. The van der Waals surface area contributed by atoms with Crippen LogP contribution in [0.15, 0.2) is 12.1 Å². The van der Waals surface area contributed by atoms with Gasteiger partial charge < -0.3 is 0 Å². The highest BCUT2D eigenvalue weighted by Crippen LogP contribution is 2.37. The van der Waals surface area contributed by atoms with Crippen LogP contribution in [0.4, 0.5) is 18.9 Å². The van der Waals surface area contributed by atoms with Crippen LogP contribution in [0.2, 0.25) is 0 Å². The van der Waals surface area contributed by atoms with Crippen LogP contribution in [-0.2, 0) is 6.18 Å². The summed E-state index contributed by atoms with van der Waals surface area (Å²) >= 11 is 5.15. The Morgan fingerprint density at radius 2 is 2.05 bits per heavy atom. The second-order valence-electron chi connectivity index (χ2n) is 3.34. The van der Waals surface area contributed by atoms with Crippen molar-refractivity contribution >= 4 is 23.1 Å². The Hall–Kier alpha value is -2.14. The third-order valence-electron chi connectivity index (χ3n) is 2.15. The molecule has 0 bridgehead atoms. The largest absolute Gasteiger partial charge is 0.417 e. The molecule has 0 aromatic heterocycles. The molecular weight excluding hydrogens is 289 g/mol. The van der Waals surface area contributed by atoms with Gasteiger partial charge in [-0.3, -0.25) is 14.9 Å². The molecule has 0 radical (unpaired) electrons. The van der Waals surface area contributed by atoms with Gasteiger partial charge in [0.25, 0.3) is 5.69 Å². The van der Waals surface area contributed by atoms with Gasteiger partial charge in [-0.05, 0) is 6.07 Å². The number of nitro groups is 1. The maximum absolute atomic E-state index is 12.8. The van der Waals surface area contributed by atoms with Crippen molar-refractivity contribution in [2.45, 2.75) is 6.18 Å². The molecular formula is C10H4ClF3N2O3.